The second-order valence-electron chi connectivity index (χ2n) is 4.00. The molecule has 2 unspecified atom stereocenters. The lowest BCUT2D eigenvalue weighted by Crippen LogP contribution is -2.12. The van der Waals surface area contributed by atoms with Gasteiger partial charge in [-0.05, 0) is 43.6 Å². The van der Waals surface area contributed by atoms with E-state index in [9.17, 15) is 0 Å². The maximum Gasteiger partial charge on any atom is 0.0922 e. The van der Waals surface area contributed by atoms with Crippen LogP contribution in [0.1, 0.15) is 43.8 Å². The highest BCUT2D eigenvalue weighted by molar-refractivity contribution is 7.03. The Morgan fingerprint density at radius 2 is 2.60 bits per heavy atom. The Bertz CT molecular complexity index is 272. The van der Waals surface area contributed by atoms with Gasteiger partial charge in [0.05, 0.1) is 11.8 Å². The zero-order valence-electron chi connectivity index (χ0n) is 8.76. The lowest BCUT2D eigenvalue weighted by molar-refractivity contribution is 0.101. The van der Waals surface area contributed by atoms with Gasteiger partial charge >= 0.3 is 0 Å². The van der Waals surface area contributed by atoms with Gasteiger partial charge in [-0.3, -0.25) is 0 Å². The molecule has 0 aliphatic carbocycles. The van der Waals surface area contributed by atoms with Crippen molar-refractivity contribution in [3.63, 3.8) is 0 Å². The van der Waals surface area contributed by atoms with Gasteiger partial charge in [0.1, 0.15) is 0 Å². The van der Waals surface area contributed by atoms with E-state index in [1.165, 1.54) is 24.4 Å². The van der Waals surface area contributed by atoms with Crippen LogP contribution in [0.3, 0.4) is 0 Å². The smallest absolute Gasteiger partial charge is 0.0922 e. The van der Waals surface area contributed by atoms with Crippen molar-refractivity contribution < 1.29 is 4.74 Å². The van der Waals surface area contributed by atoms with E-state index in [4.69, 9.17) is 10.5 Å². The third-order valence-electron chi connectivity index (χ3n) is 2.82. The summed E-state index contributed by atoms with van der Waals surface area (Å²) in [6, 6.07) is 0.0464. The number of hydrogen-bond acceptors (Lipinski definition) is 5. The number of aromatic nitrogens is 2. The summed E-state index contributed by atoms with van der Waals surface area (Å²) in [5.74, 6) is 0. The highest BCUT2D eigenvalue weighted by atomic mass is 32.1. The van der Waals surface area contributed by atoms with Crippen molar-refractivity contribution in [1.29, 1.82) is 0 Å². The molecule has 2 heterocycles. The fourth-order valence-corrected chi connectivity index (χ4v) is 2.44. The predicted octanol–water partition coefficient (Wildman–Crippen LogP) is 1.89. The van der Waals surface area contributed by atoms with Gasteiger partial charge in [0.15, 0.2) is 0 Å². The molecule has 0 saturated carbocycles. The first-order valence-corrected chi connectivity index (χ1v) is 6.34. The van der Waals surface area contributed by atoms with E-state index in [2.05, 4.69) is 9.59 Å². The fraction of sp³-hybridized carbons (Fsp3) is 0.800. The van der Waals surface area contributed by atoms with Crippen molar-refractivity contribution in [3.8, 4) is 0 Å². The number of ether oxygens (including phenoxy) is 1. The first-order chi connectivity index (χ1) is 7.36. The summed E-state index contributed by atoms with van der Waals surface area (Å²) in [4.78, 5) is 0. The van der Waals surface area contributed by atoms with E-state index in [0.717, 1.165) is 31.6 Å². The molecule has 0 amide bonds. The van der Waals surface area contributed by atoms with E-state index in [-0.39, 0.29) is 6.04 Å². The largest absolute Gasteiger partial charge is 0.378 e. The minimum absolute atomic E-state index is 0.0464. The molecule has 0 radical (unpaired) electrons. The standard InChI is InChI=1S/C10H17N3OS/c11-9(10-7-15-13-12-10)5-1-3-8-4-2-6-14-8/h7-9H,1-6,11H2. The molecule has 1 aromatic rings. The Morgan fingerprint density at radius 1 is 1.67 bits per heavy atom. The van der Waals surface area contributed by atoms with Crippen molar-refractivity contribution in [2.75, 3.05) is 6.61 Å². The second-order valence-corrected chi connectivity index (χ2v) is 4.61. The second kappa shape index (κ2) is 5.53. The normalized spacial score (nSPS) is 23.1. The molecular weight excluding hydrogens is 210 g/mol. The molecule has 15 heavy (non-hydrogen) atoms. The summed E-state index contributed by atoms with van der Waals surface area (Å²) in [5, 5.41) is 5.91. The van der Waals surface area contributed by atoms with Crippen molar-refractivity contribution in [3.05, 3.63) is 11.1 Å². The van der Waals surface area contributed by atoms with E-state index in [1.807, 2.05) is 5.38 Å². The van der Waals surface area contributed by atoms with E-state index in [0.29, 0.717) is 6.10 Å². The molecule has 2 atom stereocenters. The van der Waals surface area contributed by atoms with Gasteiger partial charge in [0.2, 0.25) is 0 Å². The zero-order chi connectivity index (χ0) is 10.5. The van der Waals surface area contributed by atoms with Crippen molar-refractivity contribution in [2.45, 2.75) is 44.2 Å². The highest BCUT2D eigenvalue weighted by Crippen LogP contribution is 2.21. The summed E-state index contributed by atoms with van der Waals surface area (Å²) in [6.45, 7) is 0.937. The molecule has 4 nitrogen and oxygen atoms in total. The van der Waals surface area contributed by atoms with Gasteiger partial charge in [-0.15, -0.1) is 5.10 Å². The topological polar surface area (TPSA) is 61.0 Å². The molecule has 0 bridgehead atoms. The fourth-order valence-electron chi connectivity index (χ4n) is 1.92. The Kier molecular flexibility index (Phi) is 4.05. The maximum atomic E-state index is 5.99. The van der Waals surface area contributed by atoms with Crippen LogP contribution in [0.4, 0.5) is 0 Å². The average molecular weight is 227 g/mol. The summed E-state index contributed by atoms with van der Waals surface area (Å²) in [5.41, 5.74) is 6.91. The highest BCUT2D eigenvalue weighted by Gasteiger charge is 2.16. The molecule has 1 aliphatic rings. The molecule has 2 N–H and O–H groups in total. The molecule has 0 aromatic carbocycles. The van der Waals surface area contributed by atoms with Gasteiger partial charge in [0.25, 0.3) is 0 Å². The molecule has 1 fully saturated rings. The van der Waals surface area contributed by atoms with Crippen molar-refractivity contribution in [2.24, 2.45) is 5.73 Å². The third kappa shape index (κ3) is 3.22. The maximum absolute atomic E-state index is 5.99. The molecule has 1 aliphatic heterocycles. The van der Waals surface area contributed by atoms with Gasteiger partial charge in [-0.25, -0.2) is 0 Å². The average Bonchev–Trinajstić information content (AvgIpc) is 2.90. The van der Waals surface area contributed by atoms with Crippen molar-refractivity contribution >= 4 is 11.5 Å². The van der Waals surface area contributed by atoms with Gasteiger partial charge in [0, 0.05) is 18.0 Å². The number of rotatable bonds is 5. The molecule has 1 saturated heterocycles. The minimum atomic E-state index is 0.0464. The molecule has 0 spiro atoms. The predicted molar refractivity (Wildman–Crippen MR) is 59.7 cm³/mol. The first kappa shape index (κ1) is 11.0. The molecule has 2 rings (SSSR count). The quantitative estimate of drug-likeness (QED) is 0.834. The lowest BCUT2D eigenvalue weighted by Gasteiger charge is -2.11. The minimum Gasteiger partial charge on any atom is -0.378 e. The molecular formula is C10H17N3OS. The summed E-state index contributed by atoms with van der Waals surface area (Å²) < 4.78 is 9.37. The molecule has 1 aromatic heterocycles. The lowest BCUT2D eigenvalue weighted by atomic mass is 10.0. The van der Waals surface area contributed by atoms with E-state index in [1.54, 1.807) is 0 Å². The van der Waals surface area contributed by atoms with E-state index < -0.39 is 0 Å². The van der Waals surface area contributed by atoms with E-state index >= 15 is 0 Å². The van der Waals surface area contributed by atoms with Gasteiger partial charge < -0.3 is 10.5 Å². The van der Waals surface area contributed by atoms with Crippen LogP contribution in [-0.2, 0) is 4.74 Å². The van der Waals surface area contributed by atoms with Crippen LogP contribution in [-0.4, -0.2) is 22.3 Å². The molecule has 5 heteroatoms. The van der Waals surface area contributed by atoms with Crippen LogP contribution in [0.25, 0.3) is 0 Å². The monoisotopic (exact) mass is 227 g/mol. The Morgan fingerprint density at radius 3 is 3.27 bits per heavy atom. The van der Waals surface area contributed by atoms with Gasteiger partial charge in [-0.2, -0.15) is 0 Å². The molecule has 84 valence electrons. The SMILES string of the molecule is NC(CCCC1CCCO1)c1csnn1. The number of nitrogens with zero attached hydrogens (tertiary/aromatic N) is 2. The van der Waals surface area contributed by atoms with Crippen LogP contribution in [0, 0.1) is 0 Å². The van der Waals surface area contributed by atoms with Crippen LogP contribution >= 0.6 is 11.5 Å². The third-order valence-corrected chi connectivity index (χ3v) is 3.34. The number of nitrogens with two attached hydrogens (primary N) is 1. The number of hydrogen-bond donors (Lipinski definition) is 1. The summed E-state index contributed by atoms with van der Waals surface area (Å²) in [6.07, 6.45) is 6.13. The summed E-state index contributed by atoms with van der Waals surface area (Å²) >= 11 is 1.36. The van der Waals surface area contributed by atoms with Crippen molar-refractivity contribution in [1.82, 2.24) is 9.59 Å². The first-order valence-electron chi connectivity index (χ1n) is 5.50. The van der Waals surface area contributed by atoms with Crippen LogP contribution in [0.5, 0.6) is 0 Å². The summed E-state index contributed by atoms with van der Waals surface area (Å²) in [7, 11) is 0. The Balaban J connectivity index is 1.65. The zero-order valence-corrected chi connectivity index (χ0v) is 9.58. The Hall–Kier alpha value is -0.520. The van der Waals surface area contributed by atoms with Crippen LogP contribution in [0.15, 0.2) is 5.38 Å². The van der Waals surface area contributed by atoms with Gasteiger partial charge in [-0.1, -0.05) is 4.49 Å². The van der Waals surface area contributed by atoms with Crippen LogP contribution in [0.2, 0.25) is 0 Å². The van der Waals surface area contributed by atoms with Crippen LogP contribution < -0.4 is 5.73 Å². The Labute approximate surface area is 94.0 Å².